The molecule has 5 heteroatoms. The van der Waals surface area contributed by atoms with Crippen LogP contribution in [0.3, 0.4) is 0 Å². The van der Waals surface area contributed by atoms with Gasteiger partial charge in [-0.3, -0.25) is 9.69 Å². The fourth-order valence-corrected chi connectivity index (χ4v) is 0.603. The minimum absolute atomic E-state index is 0.115. The molecular weight excluding hydrogens is 196 g/mol. The zero-order chi connectivity index (χ0) is 12.2. The first kappa shape index (κ1) is 13.4. The van der Waals surface area contributed by atoms with Crippen LogP contribution in [0.1, 0.15) is 6.92 Å². The molecule has 0 radical (unpaired) electrons. The van der Waals surface area contributed by atoms with Gasteiger partial charge >= 0.3 is 5.97 Å². The zero-order valence-corrected chi connectivity index (χ0v) is 9.24. The molecule has 0 aliphatic carbocycles. The molecule has 0 aromatic rings. The van der Waals surface area contributed by atoms with Crippen LogP contribution in [-0.4, -0.2) is 37.1 Å². The Labute approximate surface area is 89.2 Å². The number of esters is 1. The Morgan fingerprint density at radius 2 is 1.73 bits per heavy atom. The molecule has 0 aliphatic rings. The van der Waals surface area contributed by atoms with Gasteiger partial charge in [-0.25, -0.2) is 4.79 Å². The van der Waals surface area contributed by atoms with Gasteiger partial charge in [-0.05, 0) is 21.0 Å². The van der Waals surface area contributed by atoms with Crippen molar-refractivity contribution in [2.24, 2.45) is 5.73 Å². The van der Waals surface area contributed by atoms with Crippen molar-refractivity contribution in [3.8, 4) is 0 Å². The molecule has 1 amide bonds. The Morgan fingerprint density at radius 3 is 2.07 bits per heavy atom. The van der Waals surface area contributed by atoms with Gasteiger partial charge < -0.3 is 10.5 Å². The molecule has 0 aromatic carbocycles. The summed E-state index contributed by atoms with van der Waals surface area (Å²) in [4.78, 5) is 23.8. The van der Waals surface area contributed by atoms with Gasteiger partial charge in [0.05, 0.1) is 5.57 Å². The summed E-state index contributed by atoms with van der Waals surface area (Å²) in [5, 5.41) is 0. The normalized spacial score (nSPS) is 12.0. The van der Waals surface area contributed by atoms with Gasteiger partial charge in [0.15, 0.2) is 6.23 Å². The quantitative estimate of drug-likeness (QED) is 0.302. The van der Waals surface area contributed by atoms with Crippen LogP contribution < -0.4 is 5.73 Å². The highest BCUT2D eigenvalue weighted by Gasteiger charge is 2.18. The van der Waals surface area contributed by atoms with Crippen LogP contribution in [0, 0.1) is 0 Å². The maximum absolute atomic E-state index is 11.4. The number of hydrogen-bond donors (Lipinski definition) is 1. The second kappa shape index (κ2) is 5.31. The second-order valence-electron chi connectivity index (χ2n) is 3.29. The van der Waals surface area contributed by atoms with Crippen LogP contribution in [0.2, 0.25) is 0 Å². The molecule has 0 aliphatic heterocycles. The van der Waals surface area contributed by atoms with E-state index < -0.39 is 18.1 Å². The van der Waals surface area contributed by atoms with Crippen molar-refractivity contribution >= 4 is 11.9 Å². The molecule has 0 heterocycles. The maximum Gasteiger partial charge on any atom is 0.339 e. The molecule has 0 aromatic heterocycles. The van der Waals surface area contributed by atoms with Crippen LogP contribution in [0.5, 0.6) is 0 Å². The minimum atomic E-state index is -0.783. The molecular formula is C10H16N2O3. The number of carbonyl (C=O) groups is 2. The van der Waals surface area contributed by atoms with Crippen molar-refractivity contribution in [1.82, 2.24) is 4.90 Å². The van der Waals surface area contributed by atoms with E-state index in [4.69, 9.17) is 10.5 Å². The smallest absolute Gasteiger partial charge is 0.339 e. The first-order valence-corrected chi connectivity index (χ1v) is 4.32. The molecule has 84 valence electrons. The molecule has 5 nitrogen and oxygen atoms in total. The Bertz CT molecular complexity index is 308. The second-order valence-corrected chi connectivity index (χ2v) is 3.29. The van der Waals surface area contributed by atoms with Crippen molar-refractivity contribution in [3.05, 3.63) is 24.3 Å². The molecule has 0 saturated carbocycles. The van der Waals surface area contributed by atoms with E-state index in [1.165, 1.54) is 0 Å². The third-order valence-electron chi connectivity index (χ3n) is 1.91. The van der Waals surface area contributed by atoms with Gasteiger partial charge in [0.1, 0.15) is 0 Å². The van der Waals surface area contributed by atoms with E-state index in [1.54, 1.807) is 25.9 Å². The van der Waals surface area contributed by atoms with E-state index in [1.807, 2.05) is 0 Å². The van der Waals surface area contributed by atoms with Crippen molar-refractivity contribution in [3.63, 3.8) is 0 Å². The predicted molar refractivity (Wildman–Crippen MR) is 56.7 cm³/mol. The lowest BCUT2D eigenvalue weighted by Crippen LogP contribution is -2.31. The number of rotatable bonds is 5. The van der Waals surface area contributed by atoms with Gasteiger partial charge in [-0.15, -0.1) is 0 Å². The average molecular weight is 212 g/mol. The van der Waals surface area contributed by atoms with Crippen LogP contribution in [0.4, 0.5) is 0 Å². The molecule has 0 spiro atoms. The summed E-state index contributed by atoms with van der Waals surface area (Å²) in [5.74, 6) is -1.48. The fourth-order valence-electron chi connectivity index (χ4n) is 0.603. The van der Waals surface area contributed by atoms with Gasteiger partial charge in [-0.1, -0.05) is 13.2 Å². The van der Waals surface area contributed by atoms with Gasteiger partial charge in [-0.2, -0.15) is 0 Å². The topological polar surface area (TPSA) is 72.6 Å². The molecule has 0 fully saturated rings. The summed E-state index contributed by atoms with van der Waals surface area (Å²) in [6.07, 6.45) is -0.407. The monoisotopic (exact) mass is 212 g/mol. The largest absolute Gasteiger partial charge is 0.443 e. The summed E-state index contributed by atoms with van der Waals surface area (Å²) in [6.45, 7) is 8.43. The first-order chi connectivity index (χ1) is 6.77. The highest BCUT2D eigenvalue weighted by atomic mass is 16.6. The number of hydrogen-bond acceptors (Lipinski definition) is 4. The minimum Gasteiger partial charge on any atom is -0.443 e. The fraction of sp³-hybridized carbons (Fsp3) is 0.400. The van der Waals surface area contributed by atoms with E-state index in [-0.39, 0.29) is 11.1 Å². The van der Waals surface area contributed by atoms with E-state index >= 15 is 0 Å². The molecule has 0 bridgehead atoms. The molecule has 0 saturated heterocycles. The van der Waals surface area contributed by atoms with Crippen LogP contribution in [0.15, 0.2) is 24.3 Å². The van der Waals surface area contributed by atoms with Crippen LogP contribution >= 0.6 is 0 Å². The summed E-state index contributed by atoms with van der Waals surface area (Å²) in [7, 11) is 3.51. The van der Waals surface area contributed by atoms with Crippen molar-refractivity contribution in [2.45, 2.75) is 13.2 Å². The standard InChI is InChI=1S/C10H16N2O3/c1-6(9(11)13)7(2)10(14)15-8(3)12(4)5/h8H,1-2H2,3-5H3,(H2,11,13). The SMILES string of the molecule is C=C(C(=C)C(=O)OC(C)N(C)C)C(N)=O. The zero-order valence-electron chi connectivity index (χ0n) is 9.24. The highest BCUT2D eigenvalue weighted by Crippen LogP contribution is 2.08. The van der Waals surface area contributed by atoms with Gasteiger partial charge in [0.25, 0.3) is 0 Å². The Hall–Kier alpha value is -1.62. The summed E-state index contributed by atoms with van der Waals surface area (Å²) < 4.78 is 4.96. The number of nitrogens with two attached hydrogens (primary N) is 1. The lowest BCUT2D eigenvalue weighted by molar-refractivity contribution is -0.150. The van der Waals surface area contributed by atoms with E-state index in [2.05, 4.69) is 13.2 Å². The summed E-state index contributed by atoms with van der Waals surface area (Å²) in [5.41, 5.74) is 4.70. The van der Waals surface area contributed by atoms with Crippen LogP contribution in [-0.2, 0) is 14.3 Å². The maximum atomic E-state index is 11.4. The first-order valence-electron chi connectivity index (χ1n) is 4.32. The number of primary amides is 1. The predicted octanol–water partition coefficient (Wildman–Crippen LogP) is 0.0349. The van der Waals surface area contributed by atoms with Crippen molar-refractivity contribution < 1.29 is 14.3 Å². The third-order valence-corrected chi connectivity index (χ3v) is 1.91. The van der Waals surface area contributed by atoms with E-state index in [0.717, 1.165) is 0 Å². The molecule has 0 rings (SSSR count). The number of carbonyl (C=O) groups excluding carboxylic acids is 2. The lowest BCUT2D eigenvalue weighted by atomic mass is 10.1. The summed E-state index contributed by atoms with van der Waals surface area (Å²) in [6, 6.07) is 0. The van der Waals surface area contributed by atoms with Gasteiger partial charge in [0, 0.05) is 5.57 Å². The third kappa shape index (κ3) is 3.95. The summed E-state index contributed by atoms with van der Waals surface area (Å²) >= 11 is 0. The average Bonchev–Trinajstić information content (AvgIpc) is 2.14. The lowest BCUT2D eigenvalue weighted by Gasteiger charge is -2.20. The van der Waals surface area contributed by atoms with E-state index in [9.17, 15) is 9.59 Å². The van der Waals surface area contributed by atoms with Gasteiger partial charge in [0.2, 0.25) is 5.91 Å². The molecule has 1 atom stereocenters. The highest BCUT2D eigenvalue weighted by molar-refractivity contribution is 6.07. The van der Waals surface area contributed by atoms with Crippen molar-refractivity contribution in [2.75, 3.05) is 14.1 Å². The Balaban J connectivity index is 4.42. The molecule has 1 unspecified atom stereocenters. The molecule has 2 N–H and O–H groups in total. The number of nitrogens with zero attached hydrogens (tertiary/aromatic N) is 1. The number of ether oxygens (including phenoxy) is 1. The van der Waals surface area contributed by atoms with E-state index in [0.29, 0.717) is 0 Å². The van der Waals surface area contributed by atoms with Crippen LogP contribution in [0.25, 0.3) is 0 Å². The Morgan fingerprint density at radius 1 is 1.27 bits per heavy atom. The van der Waals surface area contributed by atoms with Crippen molar-refractivity contribution in [1.29, 1.82) is 0 Å². The Kier molecular flexibility index (Phi) is 4.73. The number of amides is 1. The molecule has 15 heavy (non-hydrogen) atoms.